The van der Waals surface area contributed by atoms with E-state index >= 15 is 0 Å². The highest BCUT2D eigenvalue weighted by Gasteiger charge is 2.33. The zero-order valence-electron chi connectivity index (χ0n) is 13.6. The summed E-state index contributed by atoms with van der Waals surface area (Å²) in [7, 11) is -2.96. The number of nitrogens with zero attached hydrogens (tertiary/aromatic N) is 1. The lowest BCUT2D eigenvalue weighted by Gasteiger charge is -2.31. The Hall–Kier alpha value is -0.0962. The topological polar surface area (TPSA) is 21.6 Å². The Labute approximate surface area is 116 Å². The Morgan fingerprint density at radius 1 is 0.778 bits per heavy atom. The summed E-state index contributed by atoms with van der Waals surface area (Å²) in [5.74, 6) is 0.990. The third kappa shape index (κ3) is 4.54. The van der Waals surface area contributed by atoms with Crippen molar-refractivity contribution in [2.75, 3.05) is 0 Å². The number of hydrogen-bond donors (Lipinski definition) is 0. The molecule has 0 aliphatic heterocycles. The molecular weight excluding hydrogens is 254 g/mol. The molecule has 0 saturated carbocycles. The Morgan fingerprint density at radius 2 is 1.17 bits per heavy atom. The molecule has 2 nitrogen and oxygen atoms in total. The van der Waals surface area contributed by atoms with E-state index in [0.717, 1.165) is 5.90 Å². The molecule has 0 unspecified atom stereocenters. The van der Waals surface area contributed by atoms with Crippen LogP contribution in [0.3, 0.4) is 0 Å². The van der Waals surface area contributed by atoms with Gasteiger partial charge < -0.3 is 4.43 Å². The van der Waals surface area contributed by atoms with Gasteiger partial charge in [0, 0.05) is 6.92 Å². The van der Waals surface area contributed by atoms with Gasteiger partial charge >= 0.3 is 0 Å². The predicted octanol–water partition coefficient (Wildman–Crippen LogP) is 5.43. The average Bonchev–Trinajstić information content (AvgIpc) is 2.42. The minimum atomic E-state index is -1.53. The van der Waals surface area contributed by atoms with Crippen LogP contribution in [-0.2, 0) is 4.43 Å². The van der Waals surface area contributed by atoms with Gasteiger partial charge in [0.1, 0.15) is 0 Å². The molecule has 4 heteroatoms. The molecule has 0 aromatic rings. The van der Waals surface area contributed by atoms with Gasteiger partial charge in [-0.05, 0) is 36.3 Å². The van der Waals surface area contributed by atoms with Gasteiger partial charge in [0.05, 0.1) is 0 Å². The molecule has 0 aliphatic carbocycles. The van der Waals surface area contributed by atoms with E-state index in [1.807, 2.05) is 0 Å². The van der Waals surface area contributed by atoms with Crippen LogP contribution in [0.4, 0.5) is 0 Å². The van der Waals surface area contributed by atoms with Crippen molar-refractivity contribution < 1.29 is 4.43 Å². The number of rotatable bonds is 8. The highest BCUT2D eigenvalue weighted by atomic mass is 28.4. The monoisotopic (exact) mass is 287 g/mol. The van der Waals surface area contributed by atoms with Crippen molar-refractivity contribution in [3.63, 3.8) is 0 Å². The Morgan fingerprint density at radius 3 is 1.44 bits per heavy atom. The third-order valence-corrected chi connectivity index (χ3v) is 14.0. The van der Waals surface area contributed by atoms with Crippen molar-refractivity contribution in [1.29, 1.82) is 0 Å². The maximum absolute atomic E-state index is 6.37. The first kappa shape index (κ1) is 17.9. The lowest BCUT2D eigenvalue weighted by Crippen LogP contribution is -2.39. The molecule has 0 N–H and O–H groups in total. The van der Waals surface area contributed by atoms with E-state index in [2.05, 4.69) is 48.5 Å². The van der Waals surface area contributed by atoms with Gasteiger partial charge in [-0.15, -0.1) is 0 Å². The Bertz CT molecular complexity index is 242. The van der Waals surface area contributed by atoms with Crippen LogP contribution in [0.15, 0.2) is 4.66 Å². The highest BCUT2D eigenvalue weighted by molar-refractivity contribution is 6.79. The molecule has 0 heterocycles. The van der Waals surface area contributed by atoms with Gasteiger partial charge in [-0.1, -0.05) is 41.5 Å². The summed E-state index contributed by atoms with van der Waals surface area (Å²) >= 11 is 0. The van der Waals surface area contributed by atoms with Crippen molar-refractivity contribution in [2.24, 2.45) is 4.66 Å². The Balaban J connectivity index is 4.97. The lowest BCUT2D eigenvalue weighted by molar-refractivity contribution is 0.522. The van der Waals surface area contributed by atoms with E-state index in [0.29, 0.717) is 0 Å². The molecule has 0 radical (unpaired) electrons. The van der Waals surface area contributed by atoms with E-state index in [4.69, 9.17) is 9.08 Å². The van der Waals surface area contributed by atoms with Crippen molar-refractivity contribution >= 4 is 22.5 Å². The van der Waals surface area contributed by atoms with Crippen LogP contribution in [0, 0.1) is 0 Å². The fourth-order valence-electron chi connectivity index (χ4n) is 2.62. The minimum Gasteiger partial charge on any atom is -0.535 e. The molecule has 18 heavy (non-hydrogen) atoms. The highest BCUT2D eigenvalue weighted by Crippen LogP contribution is 2.25. The fourth-order valence-corrected chi connectivity index (χ4v) is 8.01. The van der Waals surface area contributed by atoms with Gasteiger partial charge in [-0.2, -0.15) is 0 Å². The zero-order valence-corrected chi connectivity index (χ0v) is 15.6. The molecule has 0 aromatic carbocycles. The minimum absolute atomic E-state index is 0.990. The second-order valence-electron chi connectivity index (χ2n) is 5.26. The molecule has 0 atom stereocenters. The summed E-state index contributed by atoms with van der Waals surface area (Å²) in [4.78, 5) is 0. The van der Waals surface area contributed by atoms with Crippen molar-refractivity contribution in [2.45, 2.75) is 84.7 Å². The van der Waals surface area contributed by atoms with E-state index in [9.17, 15) is 0 Å². The quantitative estimate of drug-likeness (QED) is 0.331. The van der Waals surface area contributed by atoms with Crippen LogP contribution in [0.2, 0.25) is 36.3 Å². The molecule has 0 rings (SSSR count). The van der Waals surface area contributed by atoms with Crippen LogP contribution < -0.4 is 0 Å². The summed E-state index contributed by atoms with van der Waals surface area (Å²) in [6, 6.07) is 7.31. The second kappa shape index (κ2) is 8.15. The first-order valence-corrected chi connectivity index (χ1v) is 12.8. The fraction of sp³-hybridized carbons (Fsp3) is 0.929. The normalized spacial score (nSPS) is 13.8. The van der Waals surface area contributed by atoms with Gasteiger partial charge in [0.25, 0.3) is 8.32 Å². The van der Waals surface area contributed by atoms with Crippen LogP contribution in [0.1, 0.15) is 48.5 Å². The smallest absolute Gasteiger partial charge is 0.251 e. The zero-order chi connectivity index (χ0) is 14.2. The largest absolute Gasteiger partial charge is 0.535 e. The van der Waals surface area contributed by atoms with Crippen molar-refractivity contribution in [3.8, 4) is 0 Å². The SMILES string of the molecule is CC[Si](CC)(CC)N=C(C)O[Si](CC)(CC)CC. The summed E-state index contributed by atoms with van der Waals surface area (Å²) in [5.41, 5.74) is 0. The van der Waals surface area contributed by atoms with Crippen LogP contribution in [0.25, 0.3) is 0 Å². The first-order valence-electron chi connectivity index (χ1n) is 7.72. The molecule has 0 saturated heterocycles. The molecule has 0 fully saturated rings. The molecule has 108 valence electrons. The van der Waals surface area contributed by atoms with E-state index in [-0.39, 0.29) is 0 Å². The lowest BCUT2D eigenvalue weighted by atomic mass is 10.8. The molecule has 0 aliphatic rings. The van der Waals surface area contributed by atoms with E-state index in [1.165, 1.54) is 36.3 Å². The predicted molar refractivity (Wildman–Crippen MR) is 88.6 cm³/mol. The maximum Gasteiger partial charge on any atom is 0.251 e. The second-order valence-corrected chi connectivity index (χ2v) is 14.7. The first-order chi connectivity index (χ1) is 8.46. The van der Waals surface area contributed by atoms with Crippen LogP contribution >= 0.6 is 0 Å². The van der Waals surface area contributed by atoms with E-state index in [1.54, 1.807) is 0 Å². The molecule has 0 spiro atoms. The van der Waals surface area contributed by atoms with E-state index < -0.39 is 16.6 Å². The third-order valence-electron chi connectivity index (χ3n) is 4.67. The summed E-state index contributed by atoms with van der Waals surface area (Å²) in [6.45, 7) is 15.8. The molecule has 0 bridgehead atoms. The average molecular weight is 288 g/mol. The van der Waals surface area contributed by atoms with Gasteiger partial charge in [0.2, 0.25) is 0 Å². The van der Waals surface area contributed by atoms with Crippen LogP contribution in [0.5, 0.6) is 0 Å². The summed E-state index contributed by atoms with van der Waals surface area (Å²) in [5, 5.41) is 0. The molecule has 0 amide bonds. The standard InChI is InChI=1S/C14H33NOSi2/c1-8-17(9-2,10-3)15-14(7)16-18(11-4,12-5)13-6/h8-13H2,1-7H3. The van der Waals surface area contributed by atoms with Gasteiger partial charge in [-0.25, -0.2) is 0 Å². The van der Waals surface area contributed by atoms with Crippen LogP contribution in [-0.4, -0.2) is 22.5 Å². The van der Waals surface area contributed by atoms with Crippen molar-refractivity contribution in [3.05, 3.63) is 0 Å². The molecular formula is C14H33NOSi2. The Kier molecular flexibility index (Phi) is 8.11. The summed E-state index contributed by atoms with van der Waals surface area (Å²) < 4.78 is 11.4. The molecule has 0 aromatic heterocycles. The summed E-state index contributed by atoms with van der Waals surface area (Å²) in [6.07, 6.45) is 0. The number of hydrogen-bond acceptors (Lipinski definition) is 2. The maximum atomic E-state index is 6.37. The van der Waals surface area contributed by atoms with Crippen molar-refractivity contribution in [1.82, 2.24) is 0 Å². The van der Waals surface area contributed by atoms with Gasteiger partial charge in [0.15, 0.2) is 14.1 Å². The van der Waals surface area contributed by atoms with Gasteiger partial charge in [-0.3, -0.25) is 4.66 Å².